The third-order valence-electron chi connectivity index (χ3n) is 8.83. The number of anilines is 1. The second-order valence-electron chi connectivity index (χ2n) is 12.7. The molecule has 4 aromatic rings. The predicted molar refractivity (Wildman–Crippen MR) is 190 cm³/mol. The summed E-state index contributed by atoms with van der Waals surface area (Å²) in [6.45, 7) is 6.01. The lowest BCUT2D eigenvalue weighted by Gasteiger charge is -2.22. The lowest BCUT2D eigenvalue weighted by molar-refractivity contribution is -0.117. The van der Waals surface area contributed by atoms with Gasteiger partial charge in [-0.25, -0.2) is 8.78 Å². The van der Waals surface area contributed by atoms with Crippen LogP contribution in [-0.2, 0) is 21.3 Å². The molecule has 0 aromatic heterocycles. The lowest BCUT2D eigenvalue weighted by atomic mass is 9.87. The first-order chi connectivity index (χ1) is 23.2. The van der Waals surface area contributed by atoms with Gasteiger partial charge in [-0.3, -0.25) is 14.1 Å². The van der Waals surface area contributed by atoms with Crippen molar-refractivity contribution in [2.24, 2.45) is 0 Å². The van der Waals surface area contributed by atoms with Gasteiger partial charge < -0.3 is 10.6 Å². The van der Waals surface area contributed by atoms with Gasteiger partial charge in [0.2, 0.25) is 5.91 Å². The van der Waals surface area contributed by atoms with Gasteiger partial charge in [0.1, 0.15) is 0 Å². The number of carbonyl (C=O) groups excluding carboxylic acids is 2. The summed E-state index contributed by atoms with van der Waals surface area (Å²) in [6.07, 6.45) is 1.70. The van der Waals surface area contributed by atoms with Gasteiger partial charge in [-0.15, -0.1) is 0 Å². The Hall–Kier alpha value is -4.67. The van der Waals surface area contributed by atoms with Gasteiger partial charge in [-0.1, -0.05) is 72.3 Å². The van der Waals surface area contributed by atoms with Crippen LogP contribution in [-0.4, -0.2) is 43.0 Å². The van der Waals surface area contributed by atoms with Crippen molar-refractivity contribution >= 4 is 33.2 Å². The summed E-state index contributed by atoms with van der Waals surface area (Å²) in [6, 6.07) is 26.2. The average Bonchev–Trinajstić information content (AvgIpc) is 3.04. The third kappa shape index (κ3) is 9.49. The molecule has 0 unspecified atom stereocenters. The molecule has 256 valence electrons. The van der Waals surface area contributed by atoms with Crippen molar-refractivity contribution < 1.29 is 31.3 Å². The summed E-state index contributed by atoms with van der Waals surface area (Å²) < 4.78 is 58.3. The zero-order chi connectivity index (χ0) is 35.3. The van der Waals surface area contributed by atoms with Gasteiger partial charge >= 0.3 is 0 Å². The zero-order valence-corrected chi connectivity index (χ0v) is 28.5. The molecule has 0 saturated carbocycles. The number of alkyl halides is 2. The van der Waals surface area contributed by atoms with Crippen LogP contribution in [0.1, 0.15) is 68.9 Å². The molecule has 1 aliphatic rings. The molecule has 0 radical (unpaired) electrons. The van der Waals surface area contributed by atoms with E-state index in [2.05, 4.69) is 43.5 Å². The molecule has 0 heterocycles. The highest BCUT2D eigenvalue weighted by molar-refractivity contribution is 7.85. The number of halogens is 2. The minimum Gasteiger partial charge on any atom is -0.351 e. The van der Waals surface area contributed by atoms with Crippen LogP contribution in [0.5, 0.6) is 0 Å². The van der Waals surface area contributed by atoms with Gasteiger partial charge in [0.15, 0.2) is 0 Å². The highest BCUT2D eigenvalue weighted by atomic mass is 32.2. The molecular formula is C39H40F2N2O5S. The highest BCUT2D eigenvalue weighted by Gasteiger charge is 2.31. The maximum atomic E-state index is 13.9. The van der Waals surface area contributed by atoms with Crippen LogP contribution in [0.2, 0.25) is 0 Å². The van der Waals surface area contributed by atoms with Crippen molar-refractivity contribution in [3.63, 3.8) is 0 Å². The SMILES string of the molecule is Cc1cc(C)c(-c2ccc(NC(=O)[C@H](Cc3ccc(C(=O)NCCS(=O)(=O)O)cc3)c3ccc(C4=CCC(F)(F)CC4)cc3)cc2)c(C)c1. The van der Waals surface area contributed by atoms with E-state index in [0.717, 1.165) is 33.4 Å². The molecule has 7 nitrogen and oxygen atoms in total. The van der Waals surface area contributed by atoms with Gasteiger partial charge in [0, 0.05) is 30.6 Å². The summed E-state index contributed by atoms with van der Waals surface area (Å²) in [5.41, 5.74) is 9.96. The fraction of sp³-hybridized carbons (Fsp3) is 0.282. The van der Waals surface area contributed by atoms with Crippen molar-refractivity contribution in [1.82, 2.24) is 5.32 Å². The molecule has 1 aliphatic carbocycles. The first-order valence-corrected chi connectivity index (χ1v) is 17.8. The lowest BCUT2D eigenvalue weighted by Crippen LogP contribution is -2.28. The number of nitrogens with one attached hydrogen (secondary N) is 2. The molecule has 2 amide bonds. The van der Waals surface area contributed by atoms with Crippen molar-refractivity contribution in [2.45, 2.75) is 58.3 Å². The van der Waals surface area contributed by atoms with Crippen LogP contribution in [0.3, 0.4) is 0 Å². The highest BCUT2D eigenvalue weighted by Crippen LogP contribution is 2.37. The van der Waals surface area contributed by atoms with E-state index in [4.69, 9.17) is 4.55 Å². The Bertz CT molecular complexity index is 1950. The van der Waals surface area contributed by atoms with E-state index in [-0.39, 0.29) is 31.7 Å². The number of allylic oxidation sites excluding steroid dienone is 2. The fourth-order valence-electron chi connectivity index (χ4n) is 6.36. The summed E-state index contributed by atoms with van der Waals surface area (Å²) in [5, 5.41) is 5.52. The van der Waals surface area contributed by atoms with Crippen molar-refractivity contribution in [3.8, 4) is 11.1 Å². The summed E-state index contributed by atoms with van der Waals surface area (Å²) in [5.74, 6) is -4.61. The summed E-state index contributed by atoms with van der Waals surface area (Å²) >= 11 is 0. The molecule has 3 N–H and O–H groups in total. The number of carbonyl (C=O) groups is 2. The molecule has 10 heteroatoms. The molecule has 0 aliphatic heterocycles. The Morgan fingerprint density at radius 2 is 1.49 bits per heavy atom. The van der Waals surface area contributed by atoms with Crippen LogP contribution in [0.15, 0.2) is 91.0 Å². The second-order valence-corrected chi connectivity index (χ2v) is 14.3. The number of rotatable bonds is 11. The topological polar surface area (TPSA) is 113 Å². The van der Waals surface area contributed by atoms with Crippen molar-refractivity contribution in [3.05, 3.63) is 130 Å². The molecule has 1 atom stereocenters. The Balaban J connectivity index is 1.36. The number of hydrogen-bond acceptors (Lipinski definition) is 4. The molecule has 0 saturated heterocycles. The Labute approximate surface area is 286 Å². The molecule has 0 spiro atoms. The van der Waals surface area contributed by atoms with Crippen LogP contribution in [0.25, 0.3) is 16.7 Å². The van der Waals surface area contributed by atoms with E-state index in [9.17, 15) is 26.8 Å². The van der Waals surface area contributed by atoms with Crippen LogP contribution >= 0.6 is 0 Å². The molecular weight excluding hydrogens is 647 g/mol. The second kappa shape index (κ2) is 14.8. The number of aryl methyl sites for hydroxylation is 3. The van der Waals surface area contributed by atoms with E-state index >= 15 is 0 Å². The van der Waals surface area contributed by atoms with E-state index in [0.29, 0.717) is 17.7 Å². The van der Waals surface area contributed by atoms with E-state index in [1.165, 1.54) is 16.7 Å². The maximum Gasteiger partial charge on any atom is 0.266 e. The minimum absolute atomic E-state index is 0.192. The molecule has 0 bridgehead atoms. The average molecular weight is 687 g/mol. The van der Waals surface area contributed by atoms with Crippen LogP contribution in [0.4, 0.5) is 14.5 Å². The third-order valence-corrected chi connectivity index (χ3v) is 9.55. The molecule has 49 heavy (non-hydrogen) atoms. The zero-order valence-electron chi connectivity index (χ0n) is 27.7. The van der Waals surface area contributed by atoms with Crippen LogP contribution < -0.4 is 10.6 Å². The van der Waals surface area contributed by atoms with Gasteiger partial charge in [0.25, 0.3) is 21.9 Å². The molecule has 5 rings (SSSR count). The molecule has 0 fully saturated rings. The Morgan fingerprint density at radius 1 is 0.878 bits per heavy atom. The smallest absolute Gasteiger partial charge is 0.266 e. The van der Waals surface area contributed by atoms with Crippen molar-refractivity contribution in [2.75, 3.05) is 17.6 Å². The largest absolute Gasteiger partial charge is 0.351 e. The number of hydrogen-bond donors (Lipinski definition) is 3. The Morgan fingerprint density at radius 3 is 2.06 bits per heavy atom. The predicted octanol–water partition coefficient (Wildman–Crippen LogP) is 8.06. The summed E-state index contributed by atoms with van der Waals surface area (Å²) in [4.78, 5) is 26.4. The summed E-state index contributed by atoms with van der Waals surface area (Å²) in [7, 11) is -4.20. The van der Waals surface area contributed by atoms with E-state index in [1.54, 1.807) is 30.3 Å². The standard InChI is InChI=1S/C39H40F2N2O5S/c1-25-22-26(2)36(27(3)23-25)32-12-14-34(15-13-32)43-38(45)35(31-10-8-29(9-11-31)30-16-18-39(40,41)19-17-30)24-28-4-6-33(7-5-28)37(44)42-20-21-49(46,47)48/h4-16,22-23,35H,17-21,24H2,1-3H3,(H,42,44)(H,43,45)(H,46,47,48)/t35-/m1/s1. The quantitative estimate of drug-likeness (QED) is 0.138. The van der Waals surface area contributed by atoms with E-state index in [1.807, 2.05) is 48.5 Å². The van der Waals surface area contributed by atoms with Crippen molar-refractivity contribution in [1.29, 1.82) is 0 Å². The Kier molecular flexibility index (Phi) is 10.8. The molecule has 4 aromatic carbocycles. The van der Waals surface area contributed by atoms with E-state index < -0.39 is 33.6 Å². The minimum atomic E-state index is -4.20. The fourth-order valence-corrected chi connectivity index (χ4v) is 6.72. The first kappa shape index (κ1) is 35.6. The normalized spacial score (nSPS) is 14.9. The number of benzene rings is 4. The van der Waals surface area contributed by atoms with Gasteiger partial charge in [0.05, 0.1) is 11.7 Å². The maximum absolute atomic E-state index is 13.9. The van der Waals surface area contributed by atoms with Gasteiger partial charge in [-0.2, -0.15) is 8.42 Å². The number of amides is 2. The van der Waals surface area contributed by atoms with Gasteiger partial charge in [-0.05, 0) is 102 Å². The van der Waals surface area contributed by atoms with Crippen LogP contribution in [0, 0.1) is 20.8 Å². The monoisotopic (exact) mass is 686 g/mol. The first-order valence-electron chi connectivity index (χ1n) is 16.2.